The van der Waals surface area contributed by atoms with Gasteiger partial charge in [-0.25, -0.2) is 10.8 Å². The van der Waals surface area contributed by atoms with Crippen molar-refractivity contribution in [2.45, 2.75) is 64.2 Å². The molecule has 1 heterocycles. The molecule has 0 unspecified atom stereocenters. The molecule has 1 aliphatic carbocycles. The van der Waals surface area contributed by atoms with Crippen LogP contribution in [0.4, 0.5) is 5.13 Å². The van der Waals surface area contributed by atoms with E-state index in [1.807, 2.05) is 0 Å². The van der Waals surface area contributed by atoms with E-state index in [0.29, 0.717) is 0 Å². The number of nitrogens with one attached hydrogen (secondary N) is 1. The normalized spacial score (nSPS) is 18.9. The van der Waals surface area contributed by atoms with E-state index >= 15 is 0 Å². The third-order valence-electron chi connectivity index (χ3n) is 3.47. The number of rotatable bonds is 1. The van der Waals surface area contributed by atoms with Crippen LogP contribution < -0.4 is 11.3 Å². The summed E-state index contributed by atoms with van der Waals surface area (Å²) < 4.78 is 0. The number of fused-ring (bicyclic) bond motifs is 1. The summed E-state index contributed by atoms with van der Waals surface area (Å²) in [5.74, 6) is 5.45. The van der Waals surface area contributed by atoms with Gasteiger partial charge in [-0.2, -0.15) is 0 Å². The minimum Gasteiger partial charge on any atom is -0.300 e. The fourth-order valence-electron chi connectivity index (χ4n) is 2.47. The van der Waals surface area contributed by atoms with E-state index in [2.05, 4.69) is 10.4 Å². The molecule has 0 aromatic carbocycles. The number of nitrogens with zero attached hydrogens (tertiary/aromatic N) is 1. The lowest BCUT2D eigenvalue weighted by atomic mass is 10.0. The van der Waals surface area contributed by atoms with E-state index in [9.17, 15) is 0 Å². The van der Waals surface area contributed by atoms with E-state index in [0.717, 1.165) is 11.6 Å². The fraction of sp³-hybridized carbons (Fsp3) is 0.769. The van der Waals surface area contributed by atoms with Crippen LogP contribution in [0, 0.1) is 0 Å². The van der Waals surface area contributed by atoms with E-state index in [4.69, 9.17) is 5.84 Å². The predicted molar refractivity (Wildman–Crippen MR) is 74.3 cm³/mol. The van der Waals surface area contributed by atoms with Crippen LogP contribution in [0.3, 0.4) is 0 Å². The molecular formula is C13H23N3S. The second kappa shape index (κ2) is 6.97. The largest absolute Gasteiger partial charge is 0.300 e. The van der Waals surface area contributed by atoms with Gasteiger partial charge in [0.15, 0.2) is 5.13 Å². The van der Waals surface area contributed by atoms with Crippen molar-refractivity contribution in [1.29, 1.82) is 0 Å². The van der Waals surface area contributed by atoms with Crippen LogP contribution >= 0.6 is 11.3 Å². The van der Waals surface area contributed by atoms with Crippen molar-refractivity contribution in [3.05, 3.63) is 10.6 Å². The summed E-state index contributed by atoms with van der Waals surface area (Å²) in [7, 11) is 0. The molecule has 1 aromatic heterocycles. The second-order valence-electron chi connectivity index (χ2n) is 4.86. The van der Waals surface area contributed by atoms with Crippen molar-refractivity contribution in [3.63, 3.8) is 0 Å². The summed E-state index contributed by atoms with van der Waals surface area (Å²) in [4.78, 5) is 6.04. The minimum absolute atomic E-state index is 0.880. The average Bonchev–Trinajstić information content (AvgIpc) is 2.72. The monoisotopic (exact) mass is 253 g/mol. The Kier molecular flexibility index (Phi) is 5.26. The summed E-state index contributed by atoms with van der Waals surface area (Å²) in [5, 5.41) is 0.880. The van der Waals surface area contributed by atoms with Gasteiger partial charge < -0.3 is 0 Å². The maximum atomic E-state index is 5.45. The van der Waals surface area contributed by atoms with Gasteiger partial charge >= 0.3 is 0 Å². The van der Waals surface area contributed by atoms with E-state index in [1.54, 1.807) is 11.3 Å². The standard InChI is InChI=1S/C13H23N3S/c14-16-13-15-11-9-7-5-3-1-2-4-6-8-10-12(11)17-13/h1-10,14H2,(H,15,16). The SMILES string of the molecule is NNc1nc2c(s1)CCCCCCCCCC2. The molecule has 0 amide bonds. The third kappa shape index (κ3) is 3.96. The Labute approximate surface area is 108 Å². The molecule has 0 saturated heterocycles. The molecule has 0 aliphatic heterocycles. The highest BCUT2D eigenvalue weighted by atomic mass is 32.1. The highest BCUT2D eigenvalue weighted by Crippen LogP contribution is 2.26. The Morgan fingerprint density at radius 2 is 1.47 bits per heavy atom. The summed E-state index contributed by atoms with van der Waals surface area (Å²) in [6.45, 7) is 0. The molecule has 17 heavy (non-hydrogen) atoms. The van der Waals surface area contributed by atoms with Gasteiger partial charge in [0.25, 0.3) is 0 Å². The van der Waals surface area contributed by atoms with Crippen molar-refractivity contribution in [3.8, 4) is 0 Å². The van der Waals surface area contributed by atoms with Gasteiger partial charge in [0.2, 0.25) is 0 Å². The van der Waals surface area contributed by atoms with Crippen LogP contribution in [0.5, 0.6) is 0 Å². The zero-order valence-corrected chi connectivity index (χ0v) is 11.3. The first-order valence-electron chi connectivity index (χ1n) is 6.85. The molecule has 96 valence electrons. The molecule has 2 rings (SSSR count). The minimum atomic E-state index is 0.880. The van der Waals surface area contributed by atoms with E-state index in [-0.39, 0.29) is 0 Å². The molecule has 0 atom stereocenters. The third-order valence-corrected chi connectivity index (χ3v) is 4.56. The Morgan fingerprint density at radius 3 is 2.12 bits per heavy atom. The maximum Gasteiger partial charge on any atom is 0.197 e. The Hall–Kier alpha value is -0.610. The number of hydrogen-bond acceptors (Lipinski definition) is 4. The van der Waals surface area contributed by atoms with E-state index < -0.39 is 0 Å². The van der Waals surface area contributed by atoms with Gasteiger partial charge in [0, 0.05) is 4.88 Å². The summed E-state index contributed by atoms with van der Waals surface area (Å²) in [6.07, 6.45) is 13.2. The van der Waals surface area contributed by atoms with Crippen molar-refractivity contribution in [2.24, 2.45) is 5.84 Å². The summed E-state index contributed by atoms with van der Waals surface area (Å²) in [6, 6.07) is 0. The lowest BCUT2D eigenvalue weighted by molar-refractivity contribution is 0.559. The number of aryl methyl sites for hydroxylation is 2. The highest BCUT2D eigenvalue weighted by Gasteiger charge is 2.10. The van der Waals surface area contributed by atoms with Crippen LogP contribution in [0.25, 0.3) is 0 Å². The van der Waals surface area contributed by atoms with Gasteiger partial charge in [-0.15, -0.1) is 11.3 Å². The number of nitrogen functional groups attached to an aromatic ring is 1. The van der Waals surface area contributed by atoms with Crippen molar-refractivity contribution < 1.29 is 0 Å². The van der Waals surface area contributed by atoms with Crippen molar-refractivity contribution in [2.75, 3.05) is 5.43 Å². The van der Waals surface area contributed by atoms with E-state index in [1.165, 1.54) is 68.4 Å². The van der Waals surface area contributed by atoms with Gasteiger partial charge in [-0.05, 0) is 25.7 Å². The highest BCUT2D eigenvalue weighted by molar-refractivity contribution is 7.15. The molecular weight excluding hydrogens is 230 g/mol. The lowest BCUT2D eigenvalue weighted by Gasteiger charge is -2.06. The van der Waals surface area contributed by atoms with Gasteiger partial charge in [0.05, 0.1) is 5.69 Å². The molecule has 3 nitrogen and oxygen atoms in total. The molecule has 3 N–H and O–H groups in total. The van der Waals surface area contributed by atoms with Gasteiger partial charge in [-0.1, -0.05) is 38.5 Å². The molecule has 4 heteroatoms. The number of hydrogen-bond donors (Lipinski definition) is 2. The molecule has 0 spiro atoms. The number of aromatic nitrogens is 1. The fourth-order valence-corrected chi connectivity index (χ4v) is 3.43. The Balaban J connectivity index is 2.01. The first-order valence-corrected chi connectivity index (χ1v) is 7.67. The average molecular weight is 253 g/mol. The quantitative estimate of drug-likeness (QED) is 0.593. The zero-order valence-electron chi connectivity index (χ0n) is 10.5. The Morgan fingerprint density at radius 1 is 0.882 bits per heavy atom. The van der Waals surface area contributed by atoms with Gasteiger partial charge in [-0.3, -0.25) is 5.43 Å². The summed E-state index contributed by atoms with van der Waals surface area (Å²) >= 11 is 1.74. The Bertz CT molecular complexity index is 306. The van der Waals surface area contributed by atoms with Crippen LogP contribution in [-0.2, 0) is 12.8 Å². The van der Waals surface area contributed by atoms with Gasteiger partial charge in [0.1, 0.15) is 0 Å². The first-order chi connectivity index (χ1) is 8.40. The second-order valence-corrected chi connectivity index (χ2v) is 5.95. The van der Waals surface area contributed by atoms with Crippen molar-refractivity contribution in [1.82, 2.24) is 4.98 Å². The zero-order chi connectivity index (χ0) is 11.9. The first kappa shape index (κ1) is 12.8. The number of anilines is 1. The predicted octanol–water partition coefficient (Wildman–Crippen LogP) is 3.65. The molecule has 0 bridgehead atoms. The molecule has 1 aromatic rings. The number of hydrazine groups is 1. The molecule has 0 radical (unpaired) electrons. The number of nitrogens with two attached hydrogens (primary N) is 1. The maximum absolute atomic E-state index is 5.45. The molecule has 0 saturated carbocycles. The summed E-state index contributed by atoms with van der Waals surface area (Å²) in [5.41, 5.74) is 3.98. The molecule has 1 aliphatic rings. The van der Waals surface area contributed by atoms with Crippen LogP contribution in [0.15, 0.2) is 0 Å². The number of thiazole rings is 1. The van der Waals surface area contributed by atoms with Crippen LogP contribution in [0.1, 0.15) is 61.9 Å². The topological polar surface area (TPSA) is 50.9 Å². The lowest BCUT2D eigenvalue weighted by Crippen LogP contribution is -2.06. The smallest absolute Gasteiger partial charge is 0.197 e. The van der Waals surface area contributed by atoms with Crippen LogP contribution in [0.2, 0.25) is 0 Å². The van der Waals surface area contributed by atoms with Crippen molar-refractivity contribution >= 4 is 16.5 Å². The van der Waals surface area contributed by atoms with Crippen LogP contribution in [-0.4, -0.2) is 4.98 Å². The molecule has 0 fully saturated rings.